The summed E-state index contributed by atoms with van der Waals surface area (Å²) in [6, 6.07) is 5.98. The second-order valence-electron chi connectivity index (χ2n) is 6.09. The third-order valence-electron chi connectivity index (χ3n) is 3.61. The molecule has 0 amide bonds. The summed E-state index contributed by atoms with van der Waals surface area (Å²) >= 11 is 3.49. The van der Waals surface area contributed by atoms with Crippen molar-refractivity contribution in [3.8, 4) is 0 Å². The molecule has 0 aliphatic rings. The number of aliphatic hydroxyl groups excluding tert-OH is 1. The van der Waals surface area contributed by atoms with Crippen molar-refractivity contribution in [2.75, 3.05) is 24.2 Å². The van der Waals surface area contributed by atoms with Crippen molar-refractivity contribution in [3.63, 3.8) is 0 Å². The average molecular weight is 352 g/mol. The maximum Gasteiger partial charge on any atom is 0.0743 e. The van der Waals surface area contributed by atoms with E-state index in [2.05, 4.69) is 40.1 Å². The number of halogens is 1. The molecule has 0 unspecified atom stereocenters. The van der Waals surface area contributed by atoms with Crippen LogP contribution in [0.5, 0.6) is 0 Å². The lowest BCUT2D eigenvalue weighted by Gasteiger charge is -2.26. The molecule has 0 saturated carbocycles. The molecule has 0 aliphatic carbocycles. The number of anilines is 2. The number of pyridine rings is 1. The Bertz CT molecular complexity index is 623. The molecule has 1 heterocycles. The number of nitrogens with zero attached hydrogens (tertiary/aromatic N) is 1. The van der Waals surface area contributed by atoms with E-state index in [9.17, 15) is 0 Å². The predicted octanol–water partition coefficient (Wildman–Crippen LogP) is 3.79. The van der Waals surface area contributed by atoms with Gasteiger partial charge < -0.3 is 16.2 Å². The molecule has 2 rings (SSSR count). The Kier molecular flexibility index (Phi) is 5.06. The zero-order chi connectivity index (χ0) is 15.5. The highest BCUT2D eigenvalue weighted by Crippen LogP contribution is 2.32. The maximum atomic E-state index is 8.98. The van der Waals surface area contributed by atoms with E-state index in [1.165, 1.54) is 0 Å². The minimum atomic E-state index is 0.0940. The van der Waals surface area contributed by atoms with Gasteiger partial charge in [-0.1, -0.05) is 29.8 Å². The molecule has 1 aromatic heterocycles. The van der Waals surface area contributed by atoms with Gasteiger partial charge in [0.05, 0.1) is 23.1 Å². The monoisotopic (exact) mass is 351 g/mol. The summed E-state index contributed by atoms with van der Waals surface area (Å²) in [5, 5.41) is 13.5. The summed E-state index contributed by atoms with van der Waals surface area (Å²) in [4.78, 5) is 4.36. The highest BCUT2D eigenvalue weighted by atomic mass is 79.9. The fourth-order valence-electron chi connectivity index (χ4n) is 2.35. The second-order valence-corrected chi connectivity index (χ2v) is 7.01. The zero-order valence-electron chi connectivity index (χ0n) is 12.5. The fourth-order valence-corrected chi connectivity index (χ4v) is 2.71. The lowest BCUT2D eigenvalue weighted by molar-refractivity contribution is 0.248. The van der Waals surface area contributed by atoms with Crippen LogP contribution in [0.25, 0.3) is 10.9 Å². The second kappa shape index (κ2) is 6.62. The van der Waals surface area contributed by atoms with Gasteiger partial charge in [0.2, 0.25) is 0 Å². The van der Waals surface area contributed by atoms with Crippen molar-refractivity contribution >= 4 is 38.2 Å². The highest BCUT2D eigenvalue weighted by molar-refractivity contribution is 9.10. The molecule has 0 spiro atoms. The van der Waals surface area contributed by atoms with Crippen LogP contribution in [0.1, 0.15) is 26.7 Å². The van der Waals surface area contributed by atoms with Crippen LogP contribution < -0.4 is 11.1 Å². The van der Waals surface area contributed by atoms with Crippen molar-refractivity contribution < 1.29 is 5.11 Å². The first-order chi connectivity index (χ1) is 9.93. The van der Waals surface area contributed by atoms with E-state index in [1.54, 1.807) is 6.20 Å². The van der Waals surface area contributed by atoms with Crippen LogP contribution in [-0.2, 0) is 0 Å². The van der Waals surface area contributed by atoms with Crippen LogP contribution in [0.2, 0.25) is 0 Å². The SMILES string of the molecule is CC(C)(CCCO)CNc1c(N)cnc2ccc(Br)cc12. The Balaban J connectivity index is 2.25. The zero-order valence-corrected chi connectivity index (χ0v) is 14.1. The van der Waals surface area contributed by atoms with E-state index < -0.39 is 0 Å². The molecule has 0 aliphatic heterocycles. The summed E-state index contributed by atoms with van der Waals surface area (Å²) in [6.45, 7) is 5.40. The van der Waals surface area contributed by atoms with Gasteiger partial charge in [0.15, 0.2) is 0 Å². The van der Waals surface area contributed by atoms with E-state index in [0.29, 0.717) is 5.69 Å². The molecule has 0 atom stereocenters. The topological polar surface area (TPSA) is 71.2 Å². The number of rotatable bonds is 6. The Morgan fingerprint density at radius 1 is 1.38 bits per heavy atom. The van der Waals surface area contributed by atoms with Crippen LogP contribution in [0, 0.1) is 5.41 Å². The molecule has 0 radical (unpaired) electrons. The van der Waals surface area contributed by atoms with Crippen molar-refractivity contribution in [2.24, 2.45) is 5.41 Å². The number of fused-ring (bicyclic) bond motifs is 1. The van der Waals surface area contributed by atoms with Gasteiger partial charge in [-0.3, -0.25) is 4.98 Å². The molecular formula is C16H22BrN3O. The van der Waals surface area contributed by atoms with Crippen LogP contribution in [0.3, 0.4) is 0 Å². The van der Waals surface area contributed by atoms with E-state index in [1.807, 2.05) is 18.2 Å². The van der Waals surface area contributed by atoms with E-state index in [-0.39, 0.29) is 12.0 Å². The van der Waals surface area contributed by atoms with Gasteiger partial charge >= 0.3 is 0 Å². The van der Waals surface area contributed by atoms with Crippen molar-refractivity contribution in [3.05, 3.63) is 28.9 Å². The number of nitrogens with two attached hydrogens (primary N) is 1. The smallest absolute Gasteiger partial charge is 0.0743 e. The number of nitrogen functional groups attached to an aromatic ring is 1. The number of nitrogens with one attached hydrogen (secondary N) is 1. The molecular weight excluding hydrogens is 330 g/mol. The molecule has 2 aromatic rings. The summed E-state index contributed by atoms with van der Waals surface area (Å²) < 4.78 is 1.00. The Morgan fingerprint density at radius 2 is 2.14 bits per heavy atom. The first-order valence-electron chi connectivity index (χ1n) is 7.11. The van der Waals surface area contributed by atoms with Crippen molar-refractivity contribution in [1.29, 1.82) is 0 Å². The van der Waals surface area contributed by atoms with Gasteiger partial charge in [0.1, 0.15) is 0 Å². The molecule has 5 heteroatoms. The minimum absolute atomic E-state index is 0.0940. The van der Waals surface area contributed by atoms with E-state index in [4.69, 9.17) is 10.8 Å². The standard InChI is InChI=1S/C16H22BrN3O/c1-16(2,6-3-7-21)10-20-15-12-8-11(17)4-5-14(12)19-9-13(15)18/h4-5,8-9,21H,3,6-7,10,18H2,1-2H3,(H,19,20). The summed E-state index contributed by atoms with van der Waals surface area (Å²) in [5.74, 6) is 0. The quantitative estimate of drug-likeness (QED) is 0.740. The van der Waals surface area contributed by atoms with Crippen molar-refractivity contribution in [2.45, 2.75) is 26.7 Å². The average Bonchev–Trinajstić information content (AvgIpc) is 2.44. The normalized spacial score (nSPS) is 11.8. The first kappa shape index (κ1) is 16.0. The van der Waals surface area contributed by atoms with Gasteiger partial charge in [-0.25, -0.2) is 0 Å². The third-order valence-corrected chi connectivity index (χ3v) is 4.11. The summed E-state index contributed by atoms with van der Waals surface area (Å²) in [7, 11) is 0. The Morgan fingerprint density at radius 3 is 2.86 bits per heavy atom. The number of hydrogen-bond acceptors (Lipinski definition) is 4. The minimum Gasteiger partial charge on any atom is -0.396 e. The van der Waals surface area contributed by atoms with Gasteiger partial charge in [-0.15, -0.1) is 0 Å². The highest BCUT2D eigenvalue weighted by Gasteiger charge is 2.18. The van der Waals surface area contributed by atoms with Gasteiger partial charge in [-0.05, 0) is 36.5 Å². The molecule has 0 fully saturated rings. The number of hydrogen-bond donors (Lipinski definition) is 3. The van der Waals surface area contributed by atoms with E-state index >= 15 is 0 Å². The van der Waals surface area contributed by atoms with Gasteiger partial charge in [-0.2, -0.15) is 0 Å². The fraction of sp³-hybridized carbons (Fsp3) is 0.438. The Labute approximate surface area is 133 Å². The van der Waals surface area contributed by atoms with Crippen LogP contribution >= 0.6 is 15.9 Å². The molecule has 0 bridgehead atoms. The molecule has 114 valence electrons. The largest absolute Gasteiger partial charge is 0.396 e. The van der Waals surface area contributed by atoms with E-state index in [0.717, 1.165) is 40.4 Å². The molecule has 21 heavy (non-hydrogen) atoms. The van der Waals surface area contributed by atoms with Crippen LogP contribution in [0.4, 0.5) is 11.4 Å². The lowest BCUT2D eigenvalue weighted by Crippen LogP contribution is -2.24. The maximum absolute atomic E-state index is 8.98. The van der Waals surface area contributed by atoms with Crippen LogP contribution in [-0.4, -0.2) is 23.2 Å². The van der Waals surface area contributed by atoms with Gasteiger partial charge in [0.25, 0.3) is 0 Å². The first-order valence-corrected chi connectivity index (χ1v) is 7.91. The summed E-state index contributed by atoms with van der Waals surface area (Å²) in [5.41, 5.74) is 8.68. The lowest BCUT2D eigenvalue weighted by atomic mass is 9.88. The molecule has 4 nitrogen and oxygen atoms in total. The summed E-state index contributed by atoms with van der Waals surface area (Å²) in [6.07, 6.45) is 3.47. The van der Waals surface area contributed by atoms with Crippen molar-refractivity contribution in [1.82, 2.24) is 4.98 Å². The molecule has 1 aromatic carbocycles. The third kappa shape index (κ3) is 4.08. The Hall–Kier alpha value is -1.33. The molecule has 4 N–H and O–H groups in total. The molecule has 0 saturated heterocycles. The predicted molar refractivity (Wildman–Crippen MR) is 92.4 cm³/mol. The number of benzene rings is 1. The van der Waals surface area contributed by atoms with Gasteiger partial charge in [0, 0.05) is 23.0 Å². The van der Waals surface area contributed by atoms with Crippen LogP contribution in [0.15, 0.2) is 28.9 Å². The number of aromatic nitrogens is 1. The number of aliphatic hydroxyl groups is 1.